The fourth-order valence-electron chi connectivity index (χ4n) is 1.44. The van der Waals surface area contributed by atoms with Crippen LogP contribution < -0.4 is 10.1 Å². The molecule has 2 rings (SSSR count). The van der Waals surface area contributed by atoms with E-state index in [1.807, 2.05) is 18.2 Å². The molecule has 1 N–H and O–H groups in total. The molecule has 0 spiro atoms. The van der Waals surface area contributed by atoms with Crippen LogP contribution in [0.2, 0.25) is 0 Å². The van der Waals surface area contributed by atoms with Gasteiger partial charge in [-0.1, -0.05) is 6.07 Å². The van der Waals surface area contributed by atoms with Crippen molar-refractivity contribution < 1.29 is 4.74 Å². The van der Waals surface area contributed by atoms with Crippen molar-refractivity contribution in [3.05, 3.63) is 22.7 Å². The third-order valence-corrected chi connectivity index (χ3v) is 2.78. The van der Waals surface area contributed by atoms with Gasteiger partial charge < -0.3 is 10.1 Å². The smallest absolute Gasteiger partial charge is 0.156 e. The van der Waals surface area contributed by atoms with Gasteiger partial charge in [-0.05, 0) is 35.0 Å². The molecular weight excluding hydrogens is 230 g/mol. The van der Waals surface area contributed by atoms with Crippen molar-refractivity contribution in [2.75, 3.05) is 11.9 Å². The molecule has 0 aromatic heterocycles. The lowest BCUT2D eigenvalue weighted by Gasteiger charge is -2.12. The number of hydrogen-bond acceptors (Lipinski definition) is 2. The summed E-state index contributed by atoms with van der Waals surface area (Å²) in [5.74, 6) is 0.938. The van der Waals surface area contributed by atoms with Crippen LogP contribution in [0, 0.1) is 0 Å². The predicted molar refractivity (Wildman–Crippen MR) is 57.3 cm³/mol. The molecule has 1 aromatic carbocycles. The Morgan fingerprint density at radius 2 is 2.38 bits per heavy atom. The quantitative estimate of drug-likeness (QED) is 0.754. The topological polar surface area (TPSA) is 21.3 Å². The summed E-state index contributed by atoms with van der Waals surface area (Å²) in [4.78, 5) is 0. The van der Waals surface area contributed by atoms with Gasteiger partial charge >= 0.3 is 0 Å². The third kappa shape index (κ3) is 1.80. The Hall–Kier alpha value is -0.700. The molecule has 1 atom stereocenters. The first kappa shape index (κ1) is 8.88. The molecule has 1 aliphatic rings. The molecule has 0 aliphatic carbocycles. The maximum Gasteiger partial charge on any atom is 0.156 e. The van der Waals surface area contributed by atoms with E-state index >= 15 is 0 Å². The van der Waals surface area contributed by atoms with E-state index in [-0.39, 0.29) is 6.10 Å². The molecule has 1 aliphatic heterocycles. The summed E-state index contributed by atoms with van der Waals surface area (Å²) < 4.78 is 6.80. The highest BCUT2D eigenvalue weighted by Crippen LogP contribution is 2.35. The summed E-state index contributed by atoms with van der Waals surface area (Å²) in [6.07, 6.45) is 1.33. The third-order valence-electron chi connectivity index (χ3n) is 2.15. The molecule has 0 radical (unpaired) electrons. The summed E-state index contributed by atoms with van der Waals surface area (Å²) in [6, 6.07) is 6.05. The molecule has 1 aromatic rings. The van der Waals surface area contributed by atoms with Crippen molar-refractivity contribution in [2.24, 2.45) is 0 Å². The van der Waals surface area contributed by atoms with Crippen molar-refractivity contribution in [1.82, 2.24) is 0 Å². The second kappa shape index (κ2) is 3.58. The largest absolute Gasteiger partial charge is 0.487 e. The van der Waals surface area contributed by atoms with Gasteiger partial charge in [-0.3, -0.25) is 0 Å². The second-order valence-corrected chi connectivity index (χ2v) is 4.11. The van der Waals surface area contributed by atoms with Gasteiger partial charge in [0.2, 0.25) is 0 Å². The number of halogens is 1. The molecule has 0 saturated heterocycles. The van der Waals surface area contributed by atoms with E-state index in [1.165, 1.54) is 0 Å². The van der Waals surface area contributed by atoms with Crippen LogP contribution in [0.15, 0.2) is 22.7 Å². The molecule has 1 heterocycles. The number of anilines is 1. The van der Waals surface area contributed by atoms with Gasteiger partial charge in [0.25, 0.3) is 0 Å². The summed E-state index contributed by atoms with van der Waals surface area (Å²) in [6.45, 7) is 3.07. The van der Waals surface area contributed by atoms with E-state index in [9.17, 15) is 0 Å². The van der Waals surface area contributed by atoms with Gasteiger partial charge in [0.15, 0.2) is 5.75 Å². The average Bonchev–Trinajstić information content (AvgIpc) is 2.28. The fraction of sp³-hybridized carbons (Fsp3) is 0.400. The molecule has 0 saturated carbocycles. The normalized spacial score (nSPS) is 20.9. The molecule has 0 amide bonds. The van der Waals surface area contributed by atoms with Crippen LogP contribution in [0.25, 0.3) is 0 Å². The summed E-state index contributed by atoms with van der Waals surface area (Å²) >= 11 is 3.48. The van der Waals surface area contributed by atoms with Gasteiger partial charge in [-0.2, -0.15) is 0 Å². The van der Waals surface area contributed by atoms with E-state index in [4.69, 9.17) is 4.74 Å². The monoisotopic (exact) mass is 241 g/mol. The molecule has 70 valence electrons. The van der Waals surface area contributed by atoms with E-state index in [0.29, 0.717) is 0 Å². The first-order valence-corrected chi connectivity index (χ1v) is 5.25. The predicted octanol–water partition coefficient (Wildman–Crippen LogP) is 3.03. The van der Waals surface area contributed by atoms with Crippen LogP contribution >= 0.6 is 15.9 Å². The lowest BCUT2D eigenvalue weighted by Crippen LogP contribution is -2.12. The first-order chi connectivity index (χ1) is 6.27. The van der Waals surface area contributed by atoms with Crippen molar-refractivity contribution in [1.29, 1.82) is 0 Å². The van der Waals surface area contributed by atoms with Gasteiger partial charge in [-0.15, -0.1) is 0 Å². The number of fused-ring (bicyclic) bond motifs is 1. The van der Waals surface area contributed by atoms with Crippen molar-refractivity contribution >= 4 is 21.6 Å². The van der Waals surface area contributed by atoms with Crippen molar-refractivity contribution in [3.8, 4) is 5.75 Å². The standard InChI is InChI=1S/C10H12BrNO/c1-7-5-6-12-9-4-2-3-8(11)10(9)13-7/h2-4,7,12H,5-6H2,1H3. The maximum atomic E-state index is 5.78. The molecule has 0 bridgehead atoms. The number of benzene rings is 1. The zero-order chi connectivity index (χ0) is 9.26. The second-order valence-electron chi connectivity index (χ2n) is 3.26. The molecule has 2 nitrogen and oxygen atoms in total. The summed E-state index contributed by atoms with van der Waals surface area (Å²) in [7, 11) is 0. The highest BCUT2D eigenvalue weighted by Gasteiger charge is 2.15. The van der Waals surface area contributed by atoms with Crippen molar-refractivity contribution in [2.45, 2.75) is 19.4 Å². The Morgan fingerprint density at radius 3 is 3.23 bits per heavy atom. The minimum absolute atomic E-state index is 0.285. The van der Waals surface area contributed by atoms with Crippen LogP contribution in [-0.2, 0) is 0 Å². The Balaban J connectivity index is 2.40. The minimum Gasteiger partial charge on any atom is -0.487 e. The average molecular weight is 242 g/mol. The Kier molecular flexibility index (Phi) is 2.44. The van der Waals surface area contributed by atoms with Gasteiger partial charge in [0.05, 0.1) is 16.3 Å². The van der Waals surface area contributed by atoms with E-state index < -0.39 is 0 Å². The number of ether oxygens (including phenoxy) is 1. The van der Waals surface area contributed by atoms with Crippen LogP contribution in [-0.4, -0.2) is 12.6 Å². The zero-order valence-corrected chi connectivity index (χ0v) is 9.10. The number of nitrogens with one attached hydrogen (secondary N) is 1. The molecular formula is C10H12BrNO. The van der Waals surface area contributed by atoms with E-state index in [0.717, 1.165) is 28.9 Å². The number of para-hydroxylation sites is 1. The molecule has 1 unspecified atom stereocenters. The summed E-state index contributed by atoms with van der Waals surface area (Å²) in [5.41, 5.74) is 1.08. The van der Waals surface area contributed by atoms with E-state index in [1.54, 1.807) is 0 Å². The summed E-state index contributed by atoms with van der Waals surface area (Å²) in [5, 5.41) is 3.34. The highest BCUT2D eigenvalue weighted by molar-refractivity contribution is 9.10. The molecule has 0 fully saturated rings. The van der Waals surface area contributed by atoms with Gasteiger partial charge in [0.1, 0.15) is 0 Å². The highest BCUT2D eigenvalue weighted by atomic mass is 79.9. The lowest BCUT2D eigenvalue weighted by molar-refractivity contribution is 0.220. The SMILES string of the molecule is CC1CCNc2cccc(Br)c2O1. The number of rotatable bonds is 0. The fourth-order valence-corrected chi connectivity index (χ4v) is 1.90. The van der Waals surface area contributed by atoms with Gasteiger partial charge in [-0.25, -0.2) is 0 Å². The minimum atomic E-state index is 0.285. The Morgan fingerprint density at radius 1 is 1.54 bits per heavy atom. The lowest BCUT2D eigenvalue weighted by atomic mass is 10.3. The maximum absolute atomic E-state index is 5.78. The Labute approximate surface area is 86.4 Å². The van der Waals surface area contributed by atoms with Gasteiger partial charge in [0, 0.05) is 13.0 Å². The van der Waals surface area contributed by atoms with Crippen LogP contribution in [0.4, 0.5) is 5.69 Å². The molecule has 13 heavy (non-hydrogen) atoms. The zero-order valence-electron chi connectivity index (χ0n) is 7.51. The molecule has 3 heteroatoms. The van der Waals surface area contributed by atoms with Crippen LogP contribution in [0.3, 0.4) is 0 Å². The van der Waals surface area contributed by atoms with E-state index in [2.05, 4.69) is 28.2 Å². The van der Waals surface area contributed by atoms with Crippen molar-refractivity contribution in [3.63, 3.8) is 0 Å². The number of hydrogen-bond donors (Lipinski definition) is 1. The van der Waals surface area contributed by atoms with Crippen LogP contribution in [0.5, 0.6) is 5.75 Å². The van der Waals surface area contributed by atoms with Crippen LogP contribution in [0.1, 0.15) is 13.3 Å². The first-order valence-electron chi connectivity index (χ1n) is 4.46. The Bertz CT molecular complexity index is 314.